The van der Waals surface area contributed by atoms with Gasteiger partial charge in [0.15, 0.2) is 0 Å². The van der Waals surface area contributed by atoms with Crippen molar-refractivity contribution < 1.29 is 0 Å². The van der Waals surface area contributed by atoms with Crippen LogP contribution in [0.4, 0.5) is 0 Å². The average Bonchev–Trinajstić information content (AvgIpc) is 2.88. The van der Waals surface area contributed by atoms with Crippen LogP contribution in [0.3, 0.4) is 0 Å². The van der Waals surface area contributed by atoms with Crippen molar-refractivity contribution in [3.8, 4) is 0 Å². The summed E-state index contributed by atoms with van der Waals surface area (Å²) in [7, 11) is 80.8. The van der Waals surface area contributed by atoms with Crippen molar-refractivity contribution in [3.05, 3.63) is 0 Å². The van der Waals surface area contributed by atoms with Crippen LogP contribution in [0.15, 0.2) is 4.13 Å². The van der Waals surface area contributed by atoms with E-state index in [4.69, 9.17) is 16.6 Å². The number of rotatable bonds is 23. The molecule has 1 nitrogen and oxygen atoms in total. The Morgan fingerprint density at radius 1 is 0.204 bits per heavy atom. The lowest BCUT2D eigenvalue weighted by Crippen LogP contribution is -1.71. The Morgan fingerprint density at radius 3 is 0.449 bits per heavy atom. The molecule has 0 aromatic rings. The maximum absolute atomic E-state index is 6.41. The van der Waals surface area contributed by atoms with E-state index >= 15 is 0 Å². The topological polar surface area (TPSA) is 12.4 Å². The SMILES string of the molecule is PP(P)P(P(P)P)P(P(N=S)P(P(P(P(P)P)P(P)P)P(P(P)P)P(P)P)P(P(P(P)P)P(P)P)P(P(P)P)P(P)P)P(P(P)P)P(P)P. The van der Waals surface area contributed by atoms with Crippen molar-refractivity contribution in [2.75, 3.05) is 0 Å². The highest BCUT2D eigenvalue weighted by Crippen LogP contribution is 3.43. The van der Waals surface area contributed by atoms with E-state index in [0.29, 0.717) is 0 Å². The lowest BCUT2D eigenvalue weighted by Gasteiger charge is -2.55. The summed E-state index contributed by atoms with van der Waals surface area (Å²) in [5.74, 6) is 0. The molecular formula is H48NP47S. The van der Waals surface area contributed by atoms with Gasteiger partial charge in [0, 0.05) is 40.4 Å². The number of hydrogen-bond donors (Lipinski definition) is 0. The highest BCUT2D eigenvalue weighted by Gasteiger charge is 2.58. The standard InChI is InChI=1S/H48NP47S/c2-27(3)41(28(4)5)39(42(29(6)7)30(8)9)26(1-49)40(47(43(31(10)11)32(12)13)44(33(14)15)34(16)17)48(45(35(18)19)36(20)21)46(37(22)23)38(24)25/h2-25H2. The second-order valence-electron chi connectivity index (χ2n) is 7.59. The molecular weight excluding hydrogens is 1500 g/mol. The second-order valence-corrected chi connectivity index (χ2v) is 200. The molecule has 49 heavy (non-hydrogen) atoms. The van der Waals surface area contributed by atoms with Gasteiger partial charge >= 0.3 is 0 Å². The normalized spacial score (nSPS) is 14.9. The van der Waals surface area contributed by atoms with Gasteiger partial charge in [-0.25, -0.2) is 0 Å². The monoisotopic (exact) mass is 1550 g/mol. The molecule has 0 aliphatic rings. The fourth-order valence-electron chi connectivity index (χ4n) is 2.82. The van der Waals surface area contributed by atoms with Crippen LogP contribution in [0.2, 0.25) is 0 Å². The van der Waals surface area contributed by atoms with Crippen LogP contribution in [-0.2, 0) is 12.4 Å². The molecule has 0 aromatic carbocycles. The molecule has 0 radical (unpaired) electrons. The van der Waals surface area contributed by atoms with Gasteiger partial charge in [0.05, 0.1) is 7.45 Å². The predicted octanol–water partition coefficient (Wildman–Crippen LogP) is 27.8. The van der Waals surface area contributed by atoms with Crippen LogP contribution in [0.1, 0.15) is 0 Å². The zero-order valence-corrected chi connectivity index (χ0v) is 74.1. The third kappa shape index (κ3) is 24.6. The fraction of sp³-hybridized carbons (Fsp3) is 0. The molecule has 294 valence electrons. The molecule has 49 heteroatoms. The lowest BCUT2D eigenvalue weighted by atomic mass is 13.9. The lowest BCUT2D eigenvalue weighted by molar-refractivity contribution is 2.10. The van der Waals surface area contributed by atoms with Gasteiger partial charge in [-0.3, -0.25) is 0 Å². The van der Waals surface area contributed by atoms with Crippen LogP contribution >= 0.6 is 375 Å². The highest BCUT2D eigenvalue weighted by molar-refractivity contribution is 9.48. The van der Waals surface area contributed by atoms with Crippen molar-refractivity contribution in [1.82, 2.24) is 0 Å². The van der Waals surface area contributed by atoms with E-state index in [2.05, 4.69) is 214 Å². The molecule has 0 saturated heterocycles. The van der Waals surface area contributed by atoms with Gasteiger partial charge in [0.25, 0.3) is 0 Å². The van der Waals surface area contributed by atoms with E-state index in [1.54, 1.807) is 0 Å². The first-order chi connectivity index (χ1) is 22.3. The minimum Gasteiger partial charge on any atom is -0.185 e. The van der Waals surface area contributed by atoms with Gasteiger partial charge in [0.2, 0.25) is 0 Å². The first-order valence-corrected chi connectivity index (χ1v) is 96.5. The van der Waals surface area contributed by atoms with Crippen molar-refractivity contribution in [3.63, 3.8) is 0 Å². The quantitative estimate of drug-likeness (QED) is 0.0929. The Bertz CT molecular complexity index is 725. The summed E-state index contributed by atoms with van der Waals surface area (Å²) < 4.78 is 5.63. The van der Waals surface area contributed by atoms with Gasteiger partial charge in [-0.1, -0.05) is 0 Å². The van der Waals surface area contributed by atoms with Crippen LogP contribution in [0.5, 0.6) is 0 Å². The Hall–Kier alpha value is 20.2. The van der Waals surface area contributed by atoms with Crippen LogP contribution in [-0.4, -0.2) is 0 Å². The Labute approximate surface area is 386 Å². The zero-order chi connectivity index (χ0) is 39.0. The van der Waals surface area contributed by atoms with Gasteiger partial charge in [0.1, 0.15) is 0 Å². The molecule has 0 aliphatic carbocycles. The summed E-state index contributed by atoms with van der Waals surface area (Å²) in [5.41, 5.74) is 0. The molecule has 0 amide bonds. The van der Waals surface area contributed by atoms with Crippen molar-refractivity contribution in [1.29, 1.82) is 0 Å². The minimum absolute atomic E-state index is 0.199. The van der Waals surface area contributed by atoms with Crippen molar-refractivity contribution in [2.24, 2.45) is 4.13 Å². The third-order valence-electron chi connectivity index (χ3n) is 4.15. The van der Waals surface area contributed by atoms with Gasteiger partial charge in [-0.15, -0.1) is 214 Å². The van der Waals surface area contributed by atoms with Crippen molar-refractivity contribution in [2.45, 2.75) is 0 Å². The van der Waals surface area contributed by atoms with E-state index < -0.39 is 7.45 Å². The predicted molar refractivity (Wildman–Crippen MR) is 402 cm³/mol. The largest absolute Gasteiger partial charge is 0.185 e. The number of nitrogens with zero attached hydrogens (tertiary/aromatic N) is 1. The second kappa shape index (κ2) is 37.9. The maximum Gasteiger partial charge on any atom is 0.0992 e. The molecule has 0 N–H and O–H groups in total. The van der Waals surface area contributed by atoms with E-state index in [1.165, 1.54) is 0 Å². The molecule has 0 spiro atoms. The van der Waals surface area contributed by atoms with Crippen molar-refractivity contribution >= 4 is 388 Å². The molecule has 0 heterocycles. The maximum atomic E-state index is 6.41. The summed E-state index contributed by atoms with van der Waals surface area (Å²) >= 11 is 6.41. The van der Waals surface area contributed by atoms with Gasteiger partial charge in [-0.05, 0) is 126 Å². The van der Waals surface area contributed by atoms with Gasteiger partial charge < -0.3 is 0 Å². The first kappa shape index (κ1) is 69.2. The first-order valence-electron chi connectivity index (χ1n) is 11.0. The van der Waals surface area contributed by atoms with E-state index in [9.17, 15) is 0 Å². The van der Waals surface area contributed by atoms with Crippen LogP contribution < -0.4 is 0 Å². The molecule has 0 fully saturated rings. The van der Waals surface area contributed by atoms with Crippen LogP contribution in [0.25, 0.3) is 0 Å². The molecule has 25 unspecified atom stereocenters. The summed E-state index contributed by atoms with van der Waals surface area (Å²) in [6, 6.07) is 0. The molecule has 0 saturated carbocycles. The molecule has 0 rings (SSSR count). The fourth-order valence-corrected chi connectivity index (χ4v) is 651. The summed E-state index contributed by atoms with van der Waals surface area (Å²) in [6.45, 7) is -5.44. The summed E-state index contributed by atoms with van der Waals surface area (Å²) in [4.78, 5) is 0. The minimum atomic E-state index is -0.658. The Morgan fingerprint density at radius 2 is 0.327 bits per heavy atom. The summed E-state index contributed by atoms with van der Waals surface area (Å²) in [6.07, 6.45) is 0. The van der Waals surface area contributed by atoms with Gasteiger partial charge in [-0.2, -0.15) is 4.13 Å². The molecule has 0 bridgehead atoms. The van der Waals surface area contributed by atoms with Crippen LogP contribution in [0, 0.1) is 0 Å². The zero-order valence-electron chi connectivity index (χ0n) is 25.0. The Kier molecular flexibility index (Phi) is 53.5. The third-order valence-corrected chi connectivity index (χ3v) is 324. The van der Waals surface area contributed by atoms with E-state index in [-0.39, 0.29) is 154 Å². The average molecular weight is 1550 g/mol. The van der Waals surface area contributed by atoms with E-state index in [1.807, 2.05) is 0 Å². The van der Waals surface area contributed by atoms with E-state index in [0.717, 1.165) is 0 Å². The number of hydrogen-bond acceptors (Lipinski definition) is 2. The molecule has 0 aromatic heterocycles. The molecule has 0 aliphatic heterocycles. The highest BCUT2D eigenvalue weighted by atomic mass is 33.5. The Balaban J connectivity index is 9.20. The smallest absolute Gasteiger partial charge is 0.0992 e. The summed E-state index contributed by atoms with van der Waals surface area (Å²) in [5, 5.41) is 0. The molecule has 25 atom stereocenters.